The van der Waals surface area contributed by atoms with Crippen molar-refractivity contribution in [2.75, 3.05) is 53.4 Å². The van der Waals surface area contributed by atoms with Gasteiger partial charge < -0.3 is 19.6 Å². The van der Waals surface area contributed by atoms with E-state index in [-0.39, 0.29) is 12.5 Å². The standard InChI is InChI=1S/C22H32N6O2/c1-18-15-20(25-30-18)17-27-11-13-28(14-12-27)22(24-16-21(29)26(2)3)23-10-9-19-7-5-4-6-8-19/h4-8,15H,9-14,16-17H2,1-3H3,(H,23,24). The van der Waals surface area contributed by atoms with Crippen molar-refractivity contribution in [3.63, 3.8) is 0 Å². The number of guanidine groups is 1. The summed E-state index contributed by atoms with van der Waals surface area (Å²) in [5, 5.41) is 7.55. The molecule has 1 aliphatic rings. The number of aliphatic imine (C=N–C) groups is 1. The van der Waals surface area contributed by atoms with Crippen LogP contribution in [0.5, 0.6) is 0 Å². The molecular weight excluding hydrogens is 380 g/mol. The predicted molar refractivity (Wildman–Crippen MR) is 117 cm³/mol. The zero-order valence-electron chi connectivity index (χ0n) is 18.2. The zero-order valence-corrected chi connectivity index (χ0v) is 18.2. The van der Waals surface area contributed by atoms with Crippen LogP contribution in [0.2, 0.25) is 0 Å². The maximum absolute atomic E-state index is 12.0. The van der Waals surface area contributed by atoms with E-state index in [1.54, 1.807) is 19.0 Å². The molecule has 1 saturated heterocycles. The lowest BCUT2D eigenvalue weighted by atomic mass is 10.1. The number of hydrogen-bond acceptors (Lipinski definition) is 5. The van der Waals surface area contributed by atoms with Crippen LogP contribution in [0.15, 0.2) is 45.9 Å². The summed E-state index contributed by atoms with van der Waals surface area (Å²) in [4.78, 5) is 22.8. The van der Waals surface area contributed by atoms with Crippen LogP contribution in [0, 0.1) is 6.92 Å². The number of nitrogens with zero attached hydrogens (tertiary/aromatic N) is 5. The number of benzene rings is 1. The SMILES string of the molecule is Cc1cc(CN2CCN(C(=NCC(=O)N(C)C)NCCc3ccccc3)CC2)no1. The van der Waals surface area contributed by atoms with Crippen molar-refractivity contribution in [1.29, 1.82) is 0 Å². The number of aromatic nitrogens is 1. The monoisotopic (exact) mass is 412 g/mol. The van der Waals surface area contributed by atoms with Crippen LogP contribution in [-0.4, -0.2) is 85.1 Å². The summed E-state index contributed by atoms with van der Waals surface area (Å²) in [5.74, 6) is 1.64. The van der Waals surface area contributed by atoms with Gasteiger partial charge in [-0.3, -0.25) is 9.69 Å². The highest BCUT2D eigenvalue weighted by Gasteiger charge is 2.21. The Kier molecular flexibility index (Phi) is 7.84. The van der Waals surface area contributed by atoms with Gasteiger partial charge in [-0.05, 0) is 18.9 Å². The second kappa shape index (κ2) is 10.8. The third kappa shape index (κ3) is 6.59. The van der Waals surface area contributed by atoms with Gasteiger partial charge in [-0.1, -0.05) is 35.5 Å². The number of piperazine rings is 1. The molecule has 0 aliphatic carbocycles. The van der Waals surface area contributed by atoms with Gasteiger partial charge in [0.1, 0.15) is 12.3 Å². The van der Waals surface area contributed by atoms with Gasteiger partial charge in [-0.2, -0.15) is 0 Å². The molecule has 162 valence electrons. The first kappa shape index (κ1) is 21.8. The van der Waals surface area contributed by atoms with Crippen molar-refractivity contribution in [2.45, 2.75) is 19.9 Å². The summed E-state index contributed by atoms with van der Waals surface area (Å²) >= 11 is 0. The zero-order chi connectivity index (χ0) is 21.3. The van der Waals surface area contributed by atoms with E-state index in [4.69, 9.17) is 4.52 Å². The van der Waals surface area contributed by atoms with Crippen molar-refractivity contribution >= 4 is 11.9 Å². The van der Waals surface area contributed by atoms with E-state index in [0.717, 1.165) is 63.1 Å². The van der Waals surface area contributed by atoms with Crippen LogP contribution in [0.3, 0.4) is 0 Å². The van der Waals surface area contributed by atoms with Crippen LogP contribution in [0.4, 0.5) is 0 Å². The molecular formula is C22H32N6O2. The summed E-state index contributed by atoms with van der Waals surface area (Å²) < 4.78 is 5.17. The number of nitrogens with one attached hydrogen (secondary N) is 1. The van der Waals surface area contributed by atoms with Crippen LogP contribution in [0.1, 0.15) is 17.0 Å². The van der Waals surface area contributed by atoms with Crippen LogP contribution >= 0.6 is 0 Å². The molecule has 0 spiro atoms. The minimum Gasteiger partial charge on any atom is -0.361 e. The van der Waals surface area contributed by atoms with Gasteiger partial charge in [0, 0.05) is 59.4 Å². The van der Waals surface area contributed by atoms with Crippen molar-refractivity contribution < 1.29 is 9.32 Å². The van der Waals surface area contributed by atoms with E-state index in [1.165, 1.54) is 5.56 Å². The largest absolute Gasteiger partial charge is 0.361 e. The summed E-state index contributed by atoms with van der Waals surface area (Å²) in [5.41, 5.74) is 2.24. The molecule has 1 N–H and O–H groups in total. The van der Waals surface area contributed by atoms with Gasteiger partial charge in [-0.25, -0.2) is 4.99 Å². The molecule has 8 nitrogen and oxygen atoms in total. The van der Waals surface area contributed by atoms with Gasteiger partial charge >= 0.3 is 0 Å². The molecule has 8 heteroatoms. The van der Waals surface area contributed by atoms with E-state index in [1.807, 2.05) is 19.1 Å². The third-order valence-corrected chi connectivity index (χ3v) is 5.14. The average Bonchev–Trinajstić information content (AvgIpc) is 3.16. The molecule has 1 amide bonds. The van der Waals surface area contributed by atoms with Crippen molar-refractivity contribution in [3.8, 4) is 0 Å². The summed E-state index contributed by atoms with van der Waals surface area (Å²) in [6.07, 6.45) is 0.910. The lowest BCUT2D eigenvalue weighted by Gasteiger charge is -2.36. The number of likely N-dealkylation sites (N-methyl/N-ethyl adjacent to an activating group) is 1. The van der Waals surface area contributed by atoms with Gasteiger partial charge in [-0.15, -0.1) is 0 Å². The molecule has 1 fully saturated rings. The Morgan fingerprint density at radius 3 is 2.57 bits per heavy atom. The molecule has 1 aromatic carbocycles. The average molecular weight is 413 g/mol. The van der Waals surface area contributed by atoms with E-state index in [2.05, 4.69) is 49.5 Å². The van der Waals surface area contributed by atoms with Gasteiger partial charge in [0.05, 0.1) is 5.69 Å². The molecule has 2 heterocycles. The first-order chi connectivity index (χ1) is 14.5. The number of carbonyl (C=O) groups excluding carboxylic acids is 1. The van der Waals surface area contributed by atoms with Gasteiger partial charge in [0.2, 0.25) is 5.91 Å². The maximum Gasteiger partial charge on any atom is 0.243 e. The molecule has 1 aliphatic heterocycles. The Morgan fingerprint density at radius 1 is 1.20 bits per heavy atom. The Morgan fingerprint density at radius 2 is 1.93 bits per heavy atom. The first-order valence-electron chi connectivity index (χ1n) is 10.4. The molecule has 0 unspecified atom stereocenters. The van der Waals surface area contributed by atoms with E-state index in [9.17, 15) is 4.79 Å². The first-order valence-corrected chi connectivity index (χ1v) is 10.4. The Hall–Kier alpha value is -2.87. The summed E-state index contributed by atoms with van der Waals surface area (Å²) in [7, 11) is 3.51. The second-order valence-corrected chi connectivity index (χ2v) is 7.78. The fraction of sp³-hybridized carbons (Fsp3) is 0.500. The van der Waals surface area contributed by atoms with Crippen LogP contribution < -0.4 is 5.32 Å². The number of aryl methyl sites for hydroxylation is 1. The van der Waals surface area contributed by atoms with Crippen molar-refractivity contribution in [1.82, 2.24) is 25.2 Å². The van der Waals surface area contributed by atoms with Gasteiger partial charge in [0.25, 0.3) is 0 Å². The van der Waals surface area contributed by atoms with Crippen LogP contribution in [0.25, 0.3) is 0 Å². The summed E-state index contributed by atoms with van der Waals surface area (Å²) in [6, 6.07) is 12.4. The number of hydrogen-bond donors (Lipinski definition) is 1. The minimum absolute atomic E-state index is 0.00241. The smallest absolute Gasteiger partial charge is 0.243 e. The van der Waals surface area contributed by atoms with Crippen LogP contribution in [-0.2, 0) is 17.8 Å². The molecule has 3 rings (SSSR count). The molecule has 0 bridgehead atoms. The third-order valence-electron chi connectivity index (χ3n) is 5.14. The molecule has 0 atom stereocenters. The Balaban J connectivity index is 1.55. The Labute approximate surface area is 178 Å². The van der Waals surface area contributed by atoms with E-state index in [0.29, 0.717) is 0 Å². The topological polar surface area (TPSA) is 77.2 Å². The maximum atomic E-state index is 12.0. The van der Waals surface area contributed by atoms with Gasteiger partial charge in [0.15, 0.2) is 5.96 Å². The molecule has 0 radical (unpaired) electrons. The van der Waals surface area contributed by atoms with Crippen molar-refractivity contribution in [3.05, 3.63) is 53.4 Å². The second-order valence-electron chi connectivity index (χ2n) is 7.78. The lowest BCUT2D eigenvalue weighted by Crippen LogP contribution is -2.52. The quantitative estimate of drug-likeness (QED) is 0.547. The number of carbonyl (C=O) groups is 1. The molecule has 30 heavy (non-hydrogen) atoms. The van der Waals surface area contributed by atoms with E-state index >= 15 is 0 Å². The lowest BCUT2D eigenvalue weighted by molar-refractivity contribution is -0.127. The number of rotatable bonds is 7. The fourth-order valence-corrected chi connectivity index (χ4v) is 3.35. The normalized spacial score (nSPS) is 15.3. The highest BCUT2D eigenvalue weighted by Crippen LogP contribution is 2.09. The summed E-state index contributed by atoms with van der Waals surface area (Å²) in [6.45, 7) is 7.15. The predicted octanol–water partition coefficient (Wildman–Crippen LogP) is 1.38. The molecule has 0 saturated carbocycles. The highest BCUT2D eigenvalue weighted by atomic mass is 16.5. The molecule has 1 aromatic heterocycles. The minimum atomic E-state index is -0.00241. The Bertz CT molecular complexity index is 825. The highest BCUT2D eigenvalue weighted by molar-refractivity contribution is 5.85. The number of amides is 1. The van der Waals surface area contributed by atoms with E-state index < -0.39 is 0 Å². The fourth-order valence-electron chi connectivity index (χ4n) is 3.35. The van der Waals surface area contributed by atoms with Crippen molar-refractivity contribution in [2.24, 2.45) is 4.99 Å². The molecule has 2 aromatic rings.